The van der Waals surface area contributed by atoms with Crippen LogP contribution in [0.25, 0.3) is 0 Å². The molecule has 0 radical (unpaired) electrons. The summed E-state index contributed by atoms with van der Waals surface area (Å²) >= 11 is 0. The lowest BCUT2D eigenvalue weighted by molar-refractivity contribution is 0.0206. The second kappa shape index (κ2) is 3.10. The second-order valence-electron chi connectivity index (χ2n) is 4.39. The van der Waals surface area contributed by atoms with Gasteiger partial charge in [-0.2, -0.15) is 0 Å². The molecule has 1 saturated carbocycles. The molecule has 2 fully saturated rings. The van der Waals surface area contributed by atoms with E-state index in [9.17, 15) is 0 Å². The van der Waals surface area contributed by atoms with Crippen molar-refractivity contribution >= 4 is 11.5 Å². The van der Waals surface area contributed by atoms with Gasteiger partial charge in [0.2, 0.25) is 0 Å². The Bertz CT molecular complexity index is 359. The fraction of sp³-hybridized carbons (Fsp3) is 0.545. The number of hydrogen-bond acceptors (Lipinski definition) is 4. The number of nitrogens with two attached hydrogens (primary N) is 1. The quantitative estimate of drug-likeness (QED) is 0.744. The van der Waals surface area contributed by atoms with Gasteiger partial charge in [-0.05, 0) is 25.0 Å². The van der Waals surface area contributed by atoms with Crippen molar-refractivity contribution in [1.82, 2.24) is 4.98 Å². The zero-order valence-electron chi connectivity index (χ0n) is 8.65. The number of pyridine rings is 1. The van der Waals surface area contributed by atoms with Gasteiger partial charge in [-0.3, -0.25) is 0 Å². The Morgan fingerprint density at radius 3 is 2.93 bits per heavy atom. The molecular weight excluding hydrogens is 190 g/mol. The van der Waals surface area contributed by atoms with E-state index in [4.69, 9.17) is 10.5 Å². The summed E-state index contributed by atoms with van der Waals surface area (Å²) in [5.74, 6) is 0.577. The maximum Gasteiger partial charge on any atom is 0.123 e. The molecular formula is C11H15N3O. The van der Waals surface area contributed by atoms with Crippen molar-refractivity contribution in [3.8, 4) is 0 Å². The number of aromatic nitrogens is 1. The van der Waals surface area contributed by atoms with Crippen LogP contribution in [0.2, 0.25) is 0 Å². The van der Waals surface area contributed by atoms with E-state index in [0.717, 1.165) is 25.4 Å². The Balaban J connectivity index is 1.78. The molecule has 80 valence electrons. The van der Waals surface area contributed by atoms with Gasteiger partial charge < -0.3 is 15.4 Å². The Morgan fingerprint density at radius 1 is 1.40 bits per heavy atom. The first-order valence-corrected chi connectivity index (χ1v) is 5.38. The largest absolute Gasteiger partial charge is 0.384 e. The van der Waals surface area contributed by atoms with Gasteiger partial charge in [-0.25, -0.2) is 4.98 Å². The summed E-state index contributed by atoms with van der Waals surface area (Å²) in [4.78, 5) is 6.45. The van der Waals surface area contributed by atoms with E-state index in [1.54, 1.807) is 0 Å². The van der Waals surface area contributed by atoms with E-state index in [-0.39, 0.29) is 5.60 Å². The highest BCUT2D eigenvalue weighted by Crippen LogP contribution is 2.42. The Hall–Kier alpha value is -1.29. The van der Waals surface area contributed by atoms with Crippen LogP contribution in [0, 0.1) is 0 Å². The van der Waals surface area contributed by atoms with E-state index in [1.165, 1.54) is 12.8 Å². The summed E-state index contributed by atoms with van der Waals surface area (Å²) < 4.78 is 5.77. The molecule has 4 heteroatoms. The highest BCUT2D eigenvalue weighted by atomic mass is 16.5. The van der Waals surface area contributed by atoms with Crippen LogP contribution < -0.4 is 10.6 Å². The molecule has 15 heavy (non-hydrogen) atoms. The molecule has 2 aliphatic rings. The molecule has 3 rings (SSSR count). The molecule has 1 aliphatic carbocycles. The second-order valence-corrected chi connectivity index (χ2v) is 4.39. The summed E-state index contributed by atoms with van der Waals surface area (Å²) in [7, 11) is 0. The monoisotopic (exact) mass is 205 g/mol. The molecule has 1 aromatic rings. The maximum atomic E-state index is 5.77. The van der Waals surface area contributed by atoms with Crippen LogP contribution in [-0.4, -0.2) is 30.3 Å². The molecule has 0 unspecified atom stereocenters. The van der Waals surface area contributed by atoms with Gasteiger partial charge in [0.25, 0.3) is 0 Å². The lowest BCUT2D eigenvalue weighted by Crippen LogP contribution is -2.44. The van der Waals surface area contributed by atoms with Crippen LogP contribution >= 0.6 is 0 Å². The number of nitrogens with zero attached hydrogens (tertiary/aromatic N) is 2. The van der Waals surface area contributed by atoms with Crippen molar-refractivity contribution in [3.05, 3.63) is 18.3 Å². The van der Waals surface area contributed by atoms with Gasteiger partial charge in [0.1, 0.15) is 5.82 Å². The Morgan fingerprint density at radius 2 is 2.27 bits per heavy atom. The number of ether oxygens (including phenoxy) is 1. The maximum absolute atomic E-state index is 5.77. The first kappa shape index (κ1) is 8.97. The summed E-state index contributed by atoms with van der Waals surface area (Å²) in [6, 6.07) is 3.88. The van der Waals surface area contributed by atoms with Crippen molar-refractivity contribution in [1.29, 1.82) is 0 Å². The minimum atomic E-state index is 0.166. The minimum absolute atomic E-state index is 0.166. The lowest BCUT2D eigenvalue weighted by atomic mass is 10.2. The third-order valence-electron chi connectivity index (χ3n) is 3.19. The van der Waals surface area contributed by atoms with Crippen molar-refractivity contribution in [3.63, 3.8) is 0 Å². The van der Waals surface area contributed by atoms with Gasteiger partial charge >= 0.3 is 0 Å². The number of rotatable bonds is 1. The highest BCUT2D eigenvalue weighted by molar-refractivity contribution is 5.49. The van der Waals surface area contributed by atoms with Crippen molar-refractivity contribution in [2.24, 2.45) is 0 Å². The average molecular weight is 205 g/mol. The van der Waals surface area contributed by atoms with Gasteiger partial charge in [0.05, 0.1) is 24.1 Å². The Kier molecular flexibility index (Phi) is 1.85. The predicted molar refractivity (Wildman–Crippen MR) is 58.8 cm³/mol. The van der Waals surface area contributed by atoms with Crippen LogP contribution in [0.5, 0.6) is 0 Å². The normalized spacial score (nSPS) is 23.1. The zero-order chi connectivity index (χ0) is 10.3. The van der Waals surface area contributed by atoms with E-state index < -0.39 is 0 Å². The fourth-order valence-electron chi connectivity index (χ4n) is 2.09. The SMILES string of the molecule is Nc1ccc(N2CCOC3(CC3)C2)cn1. The van der Waals surface area contributed by atoms with Crippen LogP contribution in [0.3, 0.4) is 0 Å². The molecule has 0 bridgehead atoms. The predicted octanol–water partition coefficient (Wildman–Crippen LogP) is 1.03. The van der Waals surface area contributed by atoms with Crippen LogP contribution in [0.1, 0.15) is 12.8 Å². The summed E-state index contributed by atoms with van der Waals surface area (Å²) in [6.45, 7) is 2.77. The van der Waals surface area contributed by atoms with E-state index >= 15 is 0 Å². The molecule has 1 aromatic heterocycles. The minimum Gasteiger partial charge on any atom is -0.384 e. The number of nitrogen functional groups attached to an aromatic ring is 1. The first-order valence-electron chi connectivity index (χ1n) is 5.38. The fourth-order valence-corrected chi connectivity index (χ4v) is 2.09. The molecule has 2 N–H and O–H groups in total. The van der Waals surface area contributed by atoms with Crippen LogP contribution in [-0.2, 0) is 4.74 Å². The third kappa shape index (κ3) is 1.65. The van der Waals surface area contributed by atoms with Crippen molar-refractivity contribution < 1.29 is 4.74 Å². The Labute approximate surface area is 89.0 Å². The van der Waals surface area contributed by atoms with Gasteiger partial charge in [-0.15, -0.1) is 0 Å². The first-order chi connectivity index (χ1) is 7.27. The number of morpholine rings is 1. The van der Waals surface area contributed by atoms with Gasteiger partial charge in [-0.1, -0.05) is 0 Å². The van der Waals surface area contributed by atoms with Crippen LogP contribution in [0.15, 0.2) is 18.3 Å². The van der Waals surface area contributed by atoms with E-state index in [0.29, 0.717) is 5.82 Å². The smallest absolute Gasteiger partial charge is 0.123 e. The van der Waals surface area contributed by atoms with E-state index in [2.05, 4.69) is 9.88 Å². The van der Waals surface area contributed by atoms with E-state index in [1.807, 2.05) is 18.3 Å². The molecule has 0 aromatic carbocycles. The molecule has 0 atom stereocenters. The summed E-state index contributed by atoms with van der Waals surface area (Å²) in [6.07, 6.45) is 4.24. The number of anilines is 2. The molecule has 1 aliphatic heterocycles. The summed E-state index contributed by atoms with van der Waals surface area (Å²) in [5.41, 5.74) is 6.89. The molecule has 4 nitrogen and oxygen atoms in total. The number of hydrogen-bond donors (Lipinski definition) is 1. The third-order valence-corrected chi connectivity index (χ3v) is 3.19. The average Bonchev–Trinajstić information content (AvgIpc) is 2.99. The molecule has 1 spiro atoms. The molecule has 1 saturated heterocycles. The standard InChI is InChI=1S/C11H15N3O/c12-10-2-1-9(7-13-10)14-5-6-15-11(8-14)3-4-11/h1-2,7H,3-6,8H2,(H2,12,13). The topological polar surface area (TPSA) is 51.4 Å². The highest BCUT2D eigenvalue weighted by Gasteiger charge is 2.47. The lowest BCUT2D eigenvalue weighted by Gasteiger charge is -2.34. The van der Waals surface area contributed by atoms with Gasteiger partial charge in [0.15, 0.2) is 0 Å². The zero-order valence-corrected chi connectivity index (χ0v) is 8.65. The molecule has 2 heterocycles. The van der Waals surface area contributed by atoms with Crippen molar-refractivity contribution in [2.45, 2.75) is 18.4 Å². The van der Waals surface area contributed by atoms with Crippen LogP contribution in [0.4, 0.5) is 11.5 Å². The van der Waals surface area contributed by atoms with Gasteiger partial charge in [0, 0.05) is 13.1 Å². The summed E-state index contributed by atoms with van der Waals surface area (Å²) in [5, 5.41) is 0. The van der Waals surface area contributed by atoms with Crippen molar-refractivity contribution in [2.75, 3.05) is 30.3 Å². The molecule has 0 amide bonds.